The van der Waals surface area contributed by atoms with E-state index in [0.29, 0.717) is 0 Å². The molecule has 10 rings (SSSR count). The maximum atomic E-state index is 6.91. The van der Waals surface area contributed by atoms with Crippen molar-refractivity contribution in [3.05, 3.63) is 170 Å². The van der Waals surface area contributed by atoms with Crippen LogP contribution in [0, 0.1) is 0 Å². The third-order valence-corrected chi connectivity index (χ3v) is 9.64. The highest BCUT2D eigenvalue weighted by atomic mass is 16.3. The first-order valence-corrected chi connectivity index (χ1v) is 16.3. The highest BCUT2D eigenvalue weighted by Gasteiger charge is 2.23. The standard InChI is InChI=1S/C46H28O2/c1-3-13-29(14-4-1)32-25-33(30-15-5-2-6-16-30)27-34(26-32)44-38-19-8-7-18-37(38)43(45-39-20-10-12-22-41(39)48-46(44)45)31-23-24-36-35-17-9-11-21-40(35)47-42(36)28-31/h1-28H. The Labute approximate surface area is 277 Å². The fourth-order valence-corrected chi connectivity index (χ4v) is 7.48. The Balaban J connectivity index is 1.33. The fourth-order valence-electron chi connectivity index (χ4n) is 7.48. The average Bonchev–Trinajstić information content (AvgIpc) is 3.72. The van der Waals surface area contributed by atoms with Gasteiger partial charge < -0.3 is 8.83 Å². The van der Waals surface area contributed by atoms with Gasteiger partial charge >= 0.3 is 0 Å². The Morgan fingerprint density at radius 2 is 0.771 bits per heavy atom. The van der Waals surface area contributed by atoms with Gasteiger partial charge in [0.1, 0.15) is 22.3 Å². The van der Waals surface area contributed by atoms with E-state index < -0.39 is 0 Å². The molecule has 224 valence electrons. The second-order valence-corrected chi connectivity index (χ2v) is 12.4. The summed E-state index contributed by atoms with van der Waals surface area (Å²) >= 11 is 0. The predicted octanol–water partition coefficient (Wildman–Crippen LogP) is 13.3. The number of fused-ring (bicyclic) bond motifs is 7. The smallest absolute Gasteiger partial charge is 0.144 e. The molecule has 10 aromatic rings. The molecule has 2 heteroatoms. The lowest BCUT2D eigenvalue weighted by Gasteiger charge is -2.17. The zero-order valence-corrected chi connectivity index (χ0v) is 26.0. The summed E-state index contributed by atoms with van der Waals surface area (Å²) < 4.78 is 13.3. The first-order chi connectivity index (χ1) is 23.8. The van der Waals surface area contributed by atoms with E-state index in [4.69, 9.17) is 8.83 Å². The van der Waals surface area contributed by atoms with Gasteiger partial charge in [-0.3, -0.25) is 0 Å². The Morgan fingerprint density at radius 3 is 1.44 bits per heavy atom. The Morgan fingerprint density at radius 1 is 0.271 bits per heavy atom. The number of rotatable bonds is 4. The molecule has 48 heavy (non-hydrogen) atoms. The molecular formula is C46H28O2. The van der Waals surface area contributed by atoms with Crippen LogP contribution in [-0.2, 0) is 0 Å². The predicted molar refractivity (Wildman–Crippen MR) is 200 cm³/mol. The molecule has 0 bridgehead atoms. The van der Waals surface area contributed by atoms with Gasteiger partial charge in [-0.1, -0.05) is 127 Å². The summed E-state index contributed by atoms with van der Waals surface area (Å²) in [5.74, 6) is 0. The van der Waals surface area contributed by atoms with Crippen LogP contribution in [-0.4, -0.2) is 0 Å². The second-order valence-electron chi connectivity index (χ2n) is 12.4. The van der Waals surface area contributed by atoms with E-state index in [2.05, 4.69) is 152 Å². The Bertz CT molecular complexity index is 2760. The first kappa shape index (κ1) is 26.8. The molecule has 0 aliphatic carbocycles. The maximum absolute atomic E-state index is 6.91. The van der Waals surface area contributed by atoms with Crippen molar-refractivity contribution in [3.63, 3.8) is 0 Å². The van der Waals surface area contributed by atoms with Crippen molar-refractivity contribution in [2.75, 3.05) is 0 Å². The minimum Gasteiger partial charge on any atom is -0.456 e. The monoisotopic (exact) mass is 612 g/mol. The lowest BCUT2D eigenvalue weighted by Crippen LogP contribution is -1.91. The van der Waals surface area contributed by atoms with E-state index in [9.17, 15) is 0 Å². The van der Waals surface area contributed by atoms with Gasteiger partial charge in [0.05, 0.1) is 0 Å². The zero-order chi connectivity index (χ0) is 31.6. The SMILES string of the molecule is c1ccc(-c2cc(-c3ccccc3)cc(-c3c4ccccc4c(-c4ccc5c(c4)oc4ccccc45)c4c3oc3ccccc34)c2)cc1. The largest absolute Gasteiger partial charge is 0.456 e. The van der Waals surface area contributed by atoms with Gasteiger partial charge in [0.2, 0.25) is 0 Å². The summed E-state index contributed by atoms with van der Waals surface area (Å²) in [7, 11) is 0. The van der Waals surface area contributed by atoms with Gasteiger partial charge in [0.15, 0.2) is 0 Å². The van der Waals surface area contributed by atoms with Crippen molar-refractivity contribution in [1.29, 1.82) is 0 Å². The molecule has 0 amide bonds. The summed E-state index contributed by atoms with van der Waals surface area (Å²) in [5.41, 5.74) is 12.7. The molecule has 0 saturated carbocycles. The number of hydrogen-bond donors (Lipinski definition) is 0. The molecule has 2 heterocycles. The number of benzene rings is 8. The molecule has 2 aromatic heterocycles. The molecule has 0 spiro atoms. The molecule has 0 N–H and O–H groups in total. The van der Waals surface area contributed by atoms with Crippen molar-refractivity contribution < 1.29 is 8.83 Å². The van der Waals surface area contributed by atoms with E-state index in [1.807, 2.05) is 18.2 Å². The van der Waals surface area contributed by atoms with Crippen molar-refractivity contribution in [2.24, 2.45) is 0 Å². The molecule has 2 nitrogen and oxygen atoms in total. The lowest BCUT2D eigenvalue weighted by molar-refractivity contribution is 0.669. The van der Waals surface area contributed by atoms with Crippen LogP contribution in [0.15, 0.2) is 179 Å². The highest BCUT2D eigenvalue weighted by Crippen LogP contribution is 2.49. The van der Waals surface area contributed by atoms with Crippen LogP contribution in [0.25, 0.3) is 99.2 Å². The normalized spacial score (nSPS) is 11.8. The summed E-state index contributed by atoms with van der Waals surface area (Å²) in [4.78, 5) is 0. The fraction of sp³-hybridized carbons (Fsp3) is 0. The quantitative estimate of drug-likeness (QED) is 0.198. The molecule has 0 fully saturated rings. The van der Waals surface area contributed by atoms with Gasteiger partial charge in [-0.2, -0.15) is 0 Å². The third-order valence-electron chi connectivity index (χ3n) is 9.64. The van der Waals surface area contributed by atoms with Gasteiger partial charge in [0.25, 0.3) is 0 Å². The minimum absolute atomic E-state index is 0.873. The van der Waals surface area contributed by atoms with E-state index in [1.165, 1.54) is 27.6 Å². The number of furan rings is 2. The minimum atomic E-state index is 0.873. The first-order valence-electron chi connectivity index (χ1n) is 16.3. The van der Waals surface area contributed by atoms with Crippen LogP contribution in [0.3, 0.4) is 0 Å². The van der Waals surface area contributed by atoms with Crippen LogP contribution in [0.2, 0.25) is 0 Å². The average molecular weight is 613 g/mol. The van der Waals surface area contributed by atoms with Crippen LogP contribution in [0.4, 0.5) is 0 Å². The van der Waals surface area contributed by atoms with E-state index >= 15 is 0 Å². The number of para-hydroxylation sites is 2. The third kappa shape index (κ3) is 4.13. The number of hydrogen-bond acceptors (Lipinski definition) is 2. The van der Waals surface area contributed by atoms with Gasteiger partial charge in [0, 0.05) is 32.7 Å². The lowest BCUT2D eigenvalue weighted by atomic mass is 9.86. The van der Waals surface area contributed by atoms with Gasteiger partial charge in [-0.25, -0.2) is 0 Å². The second kappa shape index (κ2) is 10.6. The zero-order valence-electron chi connectivity index (χ0n) is 26.0. The van der Waals surface area contributed by atoms with Crippen LogP contribution in [0.1, 0.15) is 0 Å². The van der Waals surface area contributed by atoms with Crippen molar-refractivity contribution in [1.82, 2.24) is 0 Å². The van der Waals surface area contributed by atoms with Gasteiger partial charge in [-0.15, -0.1) is 0 Å². The van der Waals surface area contributed by atoms with E-state index in [1.54, 1.807) is 0 Å². The molecule has 0 unspecified atom stereocenters. The molecule has 0 radical (unpaired) electrons. The molecule has 0 aliphatic rings. The van der Waals surface area contributed by atoms with Gasteiger partial charge in [-0.05, 0) is 86.6 Å². The van der Waals surface area contributed by atoms with Crippen LogP contribution in [0.5, 0.6) is 0 Å². The van der Waals surface area contributed by atoms with E-state index in [0.717, 1.165) is 71.5 Å². The molecule has 0 atom stereocenters. The highest BCUT2D eigenvalue weighted by molar-refractivity contribution is 6.27. The Hall–Kier alpha value is -6.38. The van der Waals surface area contributed by atoms with E-state index in [-0.39, 0.29) is 0 Å². The topological polar surface area (TPSA) is 26.3 Å². The molecule has 0 saturated heterocycles. The summed E-state index contributed by atoms with van der Waals surface area (Å²) in [6, 6.07) is 60.2. The molecule has 0 aliphatic heterocycles. The Kier molecular flexibility index (Phi) is 5.91. The summed E-state index contributed by atoms with van der Waals surface area (Å²) in [6.07, 6.45) is 0. The summed E-state index contributed by atoms with van der Waals surface area (Å²) in [6.45, 7) is 0. The molecule has 8 aromatic carbocycles. The van der Waals surface area contributed by atoms with Crippen LogP contribution >= 0.6 is 0 Å². The van der Waals surface area contributed by atoms with Crippen molar-refractivity contribution in [3.8, 4) is 44.5 Å². The van der Waals surface area contributed by atoms with Crippen LogP contribution < -0.4 is 0 Å². The molecular weight excluding hydrogens is 585 g/mol. The maximum Gasteiger partial charge on any atom is 0.144 e. The van der Waals surface area contributed by atoms with Crippen molar-refractivity contribution >= 4 is 54.6 Å². The summed E-state index contributed by atoms with van der Waals surface area (Å²) in [5, 5.41) is 6.78. The van der Waals surface area contributed by atoms with Crippen molar-refractivity contribution in [2.45, 2.75) is 0 Å².